The predicted molar refractivity (Wildman–Crippen MR) is 114 cm³/mol. The van der Waals surface area contributed by atoms with Crippen LogP contribution in [0.15, 0.2) is 84.9 Å². The van der Waals surface area contributed by atoms with E-state index in [9.17, 15) is 5.11 Å². The average Bonchev–Trinajstić information content (AvgIpc) is 2.74. The Bertz CT molecular complexity index is 841. The fourth-order valence-electron chi connectivity index (χ4n) is 3.18. The van der Waals surface area contributed by atoms with Gasteiger partial charge in [0, 0.05) is 19.4 Å². The molecule has 0 saturated heterocycles. The standard InChI is InChI=1S/C23H26NO2P/c1-18(23(25)19-12-6-4-7-13-19)24(2)27(20-14-8-5-9-15-20)22-17-11-10-16-21(22)26-3/h4-18,23,25H,1-3H3/t18-,23?,27-/m0/s1. The van der Waals surface area contributed by atoms with Crippen LogP contribution in [-0.2, 0) is 0 Å². The van der Waals surface area contributed by atoms with Crippen LogP contribution >= 0.6 is 8.07 Å². The third kappa shape index (κ3) is 4.39. The number of aliphatic hydroxyl groups excluding tert-OH is 1. The zero-order valence-corrected chi connectivity index (χ0v) is 16.9. The van der Waals surface area contributed by atoms with Crippen molar-refractivity contribution >= 4 is 18.7 Å². The summed E-state index contributed by atoms with van der Waals surface area (Å²) in [5.74, 6) is 0.876. The number of methoxy groups -OCH3 is 1. The van der Waals surface area contributed by atoms with Gasteiger partial charge in [-0.1, -0.05) is 72.8 Å². The van der Waals surface area contributed by atoms with Crippen molar-refractivity contribution in [2.75, 3.05) is 14.2 Å². The summed E-state index contributed by atoms with van der Waals surface area (Å²) in [5.41, 5.74) is 0.930. The molecule has 3 aromatic carbocycles. The first-order chi connectivity index (χ1) is 13.1. The highest BCUT2D eigenvalue weighted by Crippen LogP contribution is 2.43. The number of hydrogen-bond acceptors (Lipinski definition) is 3. The van der Waals surface area contributed by atoms with Gasteiger partial charge in [0.05, 0.1) is 13.2 Å². The molecule has 0 aliphatic heterocycles. The Morgan fingerprint density at radius 1 is 0.852 bits per heavy atom. The second kappa shape index (κ2) is 9.14. The van der Waals surface area contributed by atoms with Crippen LogP contribution < -0.4 is 15.3 Å². The minimum Gasteiger partial charge on any atom is -0.496 e. The van der Waals surface area contributed by atoms with E-state index in [0.29, 0.717) is 0 Å². The minimum absolute atomic E-state index is 0.0661. The first-order valence-corrected chi connectivity index (χ1v) is 10.4. The monoisotopic (exact) mass is 379 g/mol. The number of para-hydroxylation sites is 1. The zero-order chi connectivity index (χ0) is 19.2. The van der Waals surface area contributed by atoms with E-state index < -0.39 is 14.2 Å². The molecule has 3 aromatic rings. The maximum absolute atomic E-state index is 11.0. The molecule has 27 heavy (non-hydrogen) atoms. The van der Waals surface area contributed by atoms with Gasteiger partial charge in [0.2, 0.25) is 0 Å². The fourth-order valence-corrected chi connectivity index (χ4v) is 5.71. The molecule has 0 saturated carbocycles. The first kappa shape index (κ1) is 19.6. The lowest BCUT2D eigenvalue weighted by Crippen LogP contribution is -2.36. The van der Waals surface area contributed by atoms with E-state index in [1.807, 2.05) is 54.6 Å². The number of ether oxygens (including phenoxy) is 1. The van der Waals surface area contributed by atoms with Crippen LogP contribution in [-0.4, -0.2) is 30.0 Å². The highest BCUT2D eigenvalue weighted by Gasteiger charge is 2.29. The summed E-state index contributed by atoms with van der Waals surface area (Å²) in [6, 6.07) is 28.4. The number of rotatable bonds is 7. The van der Waals surface area contributed by atoms with Gasteiger partial charge < -0.3 is 9.84 Å². The third-order valence-electron chi connectivity index (χ3n) is 4.82. The molecule has 0 fully saturated rings. The Labute approximate surface area is 163 Å². The molecular weight excluding hydrogens is 353 g/mol. The Hall–Kier alpha value is -2.19. The lowest BCUT2D eigenvalue weighted by atomic mass is 10.0. The molecule has 0 bridgehead atoms. The Morgan fingerprint density at radius 3 is 2.04 bits per heavy atom. The molecule has 3 nitrogen and oxygen atoms in total. The van der Waals surface area contributed by atoms with Crippen molar-refractivity contribution in [3.8, 4) is 5.75 Å². The molecule has 0 aliphatic carbocycles. The second-order valence-corrected chi connectivity index (χ2v) is 8.74. The van der Waals surface area contributed by atoms with E-state index in [1.54, 1.807) is 7.11 Å². The molecule has 0 radical (unpaired) electrons. The van der Waals surface area contributed by atoms with Gasteiger partial charge in [0.1, 0.15) is 5.75 Å². The SMILES string of the molecule is COc1ccccc1[P@](c1ccccc1)N(C)[C@@H](C)C(O)c1ccccc1. The van der Waals surface area contributed by atoms with Crippen LogP contribution in [0.4, 0.5) is 0 Å². The van der Waals surface area contributed by atoms with Gasteiger partial charge in [0.15, 0.2) is 0 Å². The highest BCUT2D eigenvalue weighted by atomic mass is 31.1. The maximum Gasteiger partial charge on any atom is 0.128 e. The van der Waals surface area contributed by atoms with Crippen molar-refractivity contribution in [2.45, 2.75) is 19.1 Å². The van der Waals surface area contributed by atoms with Crippen molar-refractivity contribution in [1.82, 2.24) is 4.67 Å². The Kier molecular flexibility index (Phi) is 6.63. The minimum atomic E-state index is -0.853. The highest BCUT2D eigenvalue weighted by molar-refractivity contribution is 7.71. The summed E-state index contributed by atoms with van der Waals surface area (Å²) in [7, 11) is 2.94. The van der Waals surface area contributed by atoms with Crippen molar-refractivity contribution < 1.29 is 9.84 Å². The Balaban J connectivity index is 2.00. The normalized spacial score (nSPS) is 14.6. The van der Waals surface area contributed by atoms with Gasteiger partial charge in [-0.25, -0.2) is 0 Å². The van der Waals surface area contributed by atoms with Gasteiger partial charge >= 0.3 is 0 Å². The quantitative estimate of drug-likeness (QED) is 0.628. The van der Waals surface area contributed by atoms with Crippen LogP contribution in [0.5, 0.6) is 5.75 Å². The van der Waals surface area contributed by atoms with Gasteiger partial charge in [0.25, 0.3) is 0 Å². The summed E-state index contributed by atoms with van der Waals surface area (Å²) in [6.07, 6.45) is -0.570. The van der Waals surface area contributed by atoms with Crippen molar-refractivity contribution in [2.24, 2.45) is 0 Å². The molecule has 140 valence electrons. The summed E-state index contributed by atoms with van der Waals surface area (Å²) in [6.45, 7) is 2.07. The molecule has 0 spiro atoms. The number of benzene rings is 3. The fraction of sp³-hybridized carbons (Fsp3) is 0.217. The molecule has 0 aromatic heterocycles. The molecule has 0 heterocycles. The summed E-state index contributed by atoms with van der Waals surface area (Å²) in [4.78, 5) is 0. The molecule has 3 rings (SSSR count). The van der Waals surface area contributed by atoms with Crippen LogP contribution in [0.3, 0.4) is 0 Å². The first-order valence-electron chi connectivity index (χ1n) is 9.07. The lowest BCUT2D eigenvalue weighted by Gasteiger charge is -2.36. The van der Waals surface area contributed by atoms with E-state index in [4.69, 9.17) is 4.74 Å². The van der Waals surface area contributed by atoms with Gasteiger partial charge in [-0.3, -0.25) is 4.67 Å². The topological polar surface area (TPSA) is 32.7 Å². The lowest BCUT2D eigenvalue weighted by molar-refractivity contribution is 0.110. The van der Waals surface area contributed by atoms with E-state index in [0.717, 1.165) is 16.6 Å². The summed E-state index contributed by atoms with van der Waals surface area (Å²) < 4.78 is 7.93. The van der Waals surface area contributed by atoms with Gasteiger partial charge in [-0.05, 0) is 37.0 Å². The Morgan fingerprint density at radius 2 is 1.41 bits per heavy atom. The van der Waals surface area contributed by atoms with Crippen molar-refractivity contribution in [1.29, 1.82) is 0 Å². The molecule has 3 atom stereocenters. The largest absolute Gasteiger partial charge is 0.496 e. The van der Waals surface area contributed by atoms with E-state index in [2.05, 4.69) is 49.0 Å². The van der Waals surface area contributed by atoms with E-state index >= 15 is 0 Å². The predicted octanol–water partition coefficient (Wildman–Crippen LogP) is 4.10. The van der Waals surface area contributed by atoms with Crippen molar-refractivity contribution in [3.63, 3.8) is 0 Å². The summed E-state index contributed by atoms with van der Waals surface area (Å²) in [5, 5.41) is 13.3. The molecule has 4 heteroatoms. The van der Waals surface area contributed by atoms with Gasteiger partial charge in [-0.2, -0.15) is 0 Å². The summed E-state index contributed by atoms with van der Waals surface area (Å²) >= 11 is 0. The molecule has 1 N–H and O–H groups in total. The van der Waals surface area contributed by atoms with Crippen molar-refractivity contribution in [3.05, 3.63) is 90.5 Å². The van der Waals surface area contributed by atoms with Crippen LogP contribution in [0.1, 0.15) is 18.6 Å². The van der Waals surface area contributed by atoms with Crippen LogP contribution in [0.25, 0.3) is 0 Å². The average molecular weight is 379 g/mol. The number of hydrogen-bond donors (Lipinski definition) is 1. The maximum atomic E-state index is 11.0. The zero-order valence-electron chi connectivity index (χ0n) is 16.0. The molecular formula is C23H26NO2P. The van der Waals surface area contributed by atoms with E-state index in [1.165, 1.54) is 5.30 Å². The van der Waals surface area contributed by atoms with Crippen LogP contribution in [0.2, 0.25) is 0 Å². The number of likely N-dealkylation sites (N-methyl/N-ethyl adjacent to an activating group) is 1. The van der Waals surface area contributed by atoms with Gasteiger partial charge in [-0.15, -0.1) is 0 Å². The number of nitrogens with zero attached hydrogens (tertiary/aromatic N) is 1. The number of aliphatic hydroxyl groups is 1. The molecule has 0 amide bonds. The van der Waals surface area contributed by atoms with E-state index in [-0.39, 0.29) is 6.04 Å². The molecule has 0 aliphatic rings. The third-order valence-corrected chi connectivity index (χ3v) is 7.43. The second-order valence-electron chi connectivity index (χ2n) is 6.49. The smallest absolute Gasteiger partial charge is 0.128 e. The van der Waals surface area contributed by atoms with Crippen LogP contribution in [0, 0.1) is 0 Å². The molecule has 1 unspecified atom stereocenters.